The third kappa shape index (κ3) is 5.98. The number of amides is 1. The van der Waals surface area contributed by atoms with Gasteiger partial charge in [0.15, 0.2) is 10.9 Å². The Kier molecular flexibility index (Phi) is 7.14. The zero-order valence-electron chi connectivity index (χ0n) is 16.9. The summed E-state index contributed by atoms with van der Waals surface area (Å²) in [5.74, 6) is -1.22. The van der Waals surface area contributed by atoms with Gasteiger partial charge in [0, 0.05) is 18.5 Å². The lowest BCUT2D eigenvalue weighted by Gasteiger charge is -2.11. The van der Waals surface area contributed by atoms with E-state index in [0.29, 0.717) is 16.4 Å². The van der Waals surface area contributed by atoms with Crippen LogP contribution in [0.25, 0.3) is 0 Å². The van der Waals surface area contributed by atoms with Gasteiger partial charge < -0.3 is 14.0 Å². The van der Waals surface area contributed by atoms with Gasteiger partial charge in [-0.15, -0.1) is 11.3 Å². The first-order valence-corrected chi connectivity index (χ1v) is 10.2. The molecule has 0 bridgehead atoms. The highest BCUT2D eigenvalue weighted by atomic mass is 32.1. The Bertz CT molecular complexity index is 1140. The molecule has 2 heterocycles. The standard InChI is InChI=1S/C21H20FN3O5S/c1-3-29-19(27)8-15-12-31-21(23-15)24-20(28)16-9-17(26)18(10-25(16)2)30-11-13-4-6-14(22)7-5-13/h4-7,9-10,12H,3,8,11H2,1-2H3,(H,23,24,28). The Morgan fingerprint density at radius 2 is 2.00 bits per heavy atom. The second-order valence-corrected chi connectivity index (χ2v) is 7.35. The highest BCUT2D eigenvalue weighted by Gasteiger charge is 2.15. The van der Waals surface area contributed by atoms with Crippen molar-refractivity contribution in [2.45, 2.75) is 20.0 Å². The molecule has 10 heteroatoms. The minimum atomic E-state index is -0.526. The second kappa shape index (κ2) is 9.98. The summed E-state index contributed by atoms with van der Waals surface area (Å²) in [4.78, 5) is 40.7. The van der Waals surface area contributed by atoms with E-state index in [9.17, 15) is 18.8 Å². The number of esters is 1. The average molecular weight is 445 g/mol. The van der Waals surface area contributed by atoms with Crippen molar-refractivity contribution in [1.29, 1.82) is 0 Å². The lowest BCUT2D eigenvalue weighted by Crippen LogP contribution is -2.21. The third-order valence-electron chi connectivity index (χ3n) is 4.14. The van der Waals surface area contributed by atoms with Gasteiger partial charge in [-0.1, -0.05) is 12.1 Å². The summed E-state index contributed by atoms with van der Waals surface area (Å²) in [5.41, 5.74) is 0.832. The summed E-state index contributed by atoms with van der Waals surface area (Å²) < 4.78 is 24.8. The maximum atomic E-state index is 13.0. The Hall–Kier alpha value is -3.53. The van der Waals surface area contributed by atoms with Crippen molar-refractivity contribution in [3.63, 3.8) is 0 Å². The smallest absolute Gasteiger partial charge is 0.311 e. The highest BCUT2D eigenvalue weighted by Crippen LogP contribution is 2.17. The number of nitrogens with zero attached hydrogens (tertiary/aromatic N) is 2. The molecule has 3 aromatic rings. The van der Waals surface area contributed by atoms with E-state index in [1.165, 1.54) is 29.0 Å². The summed E-state index contributed by atoms with van der Waals surface area (Å²) in [6, 6.07) is 6.90. The van der Waals surface area contributed by atoms with Crippen molar-refractivity contribution in [2.24, 2.45) is 7.05 Å². The number of benzene rings is 1. The zero-order chi connectivity index (χ0) is 22.4. The number of hydrogen-bond donors (Lipinski definition) is 1. The number of aryl methyl sites for hydroxylation is 1. The molecule has 0 aliphatic rings. The molecule has 0 aliphatic carbocycles. The average Bonchev–Trinajstić information content (AvgIpc) is 3.16. The number of aromatic nitrogens is 2. The summed E-state index contributed by atoms with van der Waals surface area (Å²) >= 11 is 1.16. The van der Waals surface area contributed by atoms with E-state index in [2.05, 4.69) is 10.3 Å². The van der Waals surface area contributed by atoms with E-state index < -0.39 is 17.3 Å². The molecule has 0 unspecified atom stereocenters. The molecule has 0 saturated heterocycles. The van der Waals surface area contributed by atoms with Gasteiger partial charge in [-0.05, 0) is 24.6 Å². The van der Waals surface area contributed by atoms with Gasteiger partial charge in [0.2, 0.25) is 5.43 Å². The Morgan fingerprint density at radius 1 is 1.26 bits per heavy atom. The molecule has 0 atom stereocenters. The molecule has 1 amide bonds. The number of pyridine rings is 1. The van der Waals surface area contributed by atoms with Gasteiger partial charge in [0.25, 0.3) is 5.91 Å². The van der Waals surface area contributed by atoms with Crippen LogP contribution >= 0.6 is 11.3 Å². The van der Waals surface area contributed by atoms with Gasteiger partial charge in [0.05, 0.1) is 24.9 Å². The van der Waals surface area contributed by atoms with Crippen LogP contribution in [0.5, 0.6) is 5.75 Å². The fourth-order valence-electron chi connectivity index (χ4n) is 2.65. The molecule has 1 aromatic carbocycles. The van der Waals surface area contributed by atoms with Crippen molar-refractivity contribution >= 4 is 28.3 Å². The summed E-state index contributed by atoms with van der Waals surface area (Å²) in [6.07, 6.45) is 1.42. The minimum Gasteiger partial charge on any atom is -0.483 e. The van der Waals surface area contributed by atoms with E-state index in [1.54, 1.807) is 31.5 Å². The largest absolute Gasteiger partial charge is 0.483 e. The molecule has 0 fully saturated rings. The number of rotatable bonds is 8. The maximum absolute atomic E-state index is 13.0. The van der Waals surface area contributed by atoms with Crippen LogP contribution in [0.2, 0.25) is 0 Å². The number of ether oxygens (including phenoxy) is 2. The van der Waals surface area contributed by atoms with Crippen LogP contribution in [0.4, 0.5) is 9.52 Å². The van der Waals surface area contributed by atoms with Crippen LogP contribution < -0.4 is 15.5 Å². The molecular formula is C21H20FN3O5S. The fraction of sp³-hybridized carbons (Fsp3) is 0.238. The molecule has 0 spiro atoms. The van der Waals surface area contributed by atoms with Crippen LogP contribution in [0, 0.1) is 5.82 Å². The first-order valence-electron chi connectivity index (χ1n) is 9.35. The van der Waals surface area contributed by atoms with Crippen molar-refractivity contribution in [1.82, 2.24) is 9.55 Å². The van der Waals surface area contributed by atoms with E-state index in [-0.39, 0.29) is 36.9 Å². The number of carbonyl (C=O) groups is 2. The van der Waals surface area contributed by atoms with Crippen molar-refractivity contribution in [3.8, 4) is 5.75 Å². The van der Waals surface area contributed by atoms with E-state index in [1.807, 2.05) is 0 Å². The molecule has 31 heavy (non-hydrogen) atoms. The molecule has 162 valence electrons. The topological polar surface area (TPSA) is 99.5 Å². The Labute approximate surface area is 181 Å². The number of anilines is 1. The molecule has 0 radical (unpaired) electrons. The summed E-state index contributed by atoms with van der Waals surface area (Å²) in [7, 11) is 1.60. The van der Waals surface area contributed by atoms with Gasteiger partial charge in [0.1, 0.15) is 18.1 Å². The van der Waals surface area contributed by atoms with Gasteiger partial charge in [-0.2, -0.15) is 0 Å². The van der Waals surface area contributed by atoms with Crippen LogP contribution in [0.3, 0.4) is 0 Å². The molecule has 1 N–H and O–H groups in total. The number of halogens is 1. The van der Waals surface area contributed by atoms with Crippen molar-refractivity contribution < 1.29 is 23.5 Å². The number of carbonyl (C=O) groups excluding carboxylic acids is 2. The van der Waals surface area contributed by atoms with Crippen molar-refractivity contribution in [3.05, 3.63) is 74.9 Å². The Balaban J connectivity index is 1.66. The van der Waals surface area contributed by atoms with Gasteiger partial charge in [-0.3, -0.25) is 19.7 Å². The van der Waals surface area contributed by atoms with Gasteiger partial charge in [-0.25, -0.2) is 9.37 Å². The van der Waals surface area contributed by atoms with E-state index in [0.717, 1.165) is 11.3 Å². The highest BCUT2D eigenvalue weighted by molar-refractivity contribution is 7.14. The monoisotopic (exact) mass is 445 g/mol. The molecule has 2 aromatic heterocycles. The third-order valence-corrected chi connectivity index (χ3v) is 4.95. The predicted molar refractivity (Wildman–Crippen MR) is 113 cm³/mol. The predicted octanol–water partition coefficient (Wildman–Crippen LogP) is 2.92. The molecule has 0 saturated carbocycles. The van der Waals surface area contributed by atoms with Crippen LogP contribution in [0.15, 0.2) is 46.7 Å². The van der Waals surface area contributed by atoms with E-state index >= 15 is 0 Å². The minimum absolute atomic E-state index is 0.0127. The SMILES string of the molecule is CCOC(=O)Cc1csc(NC(=O)c2cc(=O)c(OCc3ccc(F)cc3)cn2C)n1. The first kappa shape index (κ1) is 22.2. The van der Waals surface area contributed by atoms with Crippen LogP contribution in [-0.2, 0) is 29.6 Å². The van der Waals surface area contributed by atoms with E-state index in [4.69, 9.17) is 9.47 Å². The molecule has 0 aliphatic heterocycles. The lowest BCUT2D eigenvalue weighted by molar-refractivity contribution is -0.142. The molecule has 8 nitrogen and oxygen atoms in total. The first-order chi connectivity index (χ1) is 14.9. The fourth-order valence-corrected chi connectivity index (χ4v) is 3.35. The second-order valence-electron chi connectivity index (χ2n) is 6.49. The summed E-state index contributed by atoms with van der Waals surface area (Å²) in [6.45, 7) is 2.08. The lowest BCUT2D eigenvalue weighted by atomic mass is 10.2. The van der Waals surface area contributed by atoms with Crippen LogP contribution in [0.1, 0.15) is 28.7 Å². The number of thiazole rings is 1. The Morgan fingerprint density at radius 3 is 2.71 bits per heavy atom. The quantitative estimate of drug-likeness (QED) is 0.535. The zero-order valence-corrected chi connectivity index (χ0v) is 17.7. The van der Waals surface area contributed by atoms with Crippen molar-refractivity contribution in [2.75, 3.05) is 11.9 Å². The molecule has 3 rings (SSSR count). The van der Waals surface area contributed by atoms with Gasteiger partial charge >= 0.3 is 5.97 Å². The normalized spacial score (nSPS) is 10.5. The summed E-state index contributed by atoms with van der Waals surface area (Å²) in [5, 5.41) is 4.56. The van der Waals surface area contributed by atoms with Crippen LogP contribution in [-0.4, -0.2) is 28.0 Å². The number of nitrogens with one attached hydrogen (secondary N) is 1. The number of hydrogen-bond acceptors (Lipinski definition) is 7. The maximum Gasteiger partial charge on any atom is 0.311 e. The molecular weight excluding hydrogens is 425 g/mol.